The Morgan fingerprint density at radius 3 is 2.06 bits per heavy atom. The van der Waals surface area contributed by atoms with Gasteiger partial charge in [0.1, 0.15) is 22.6 Å². The quantitative estimate of drug-likeness (QED) is 0.232. The number of amides is 3. The van der Waals surface area contributed by atoms with Gasteiger partial charge < -0.3 is 29.0 Å². The number of halogens is 5. The largest absolute Gasteiger partial charge is 0.573 e. The van der Waals surface area contributed by atoms with E-state index in [-0.39, 0.29) is 46.4 Å². The molecule has 1 aromatic carbocycles. The van der Waals surface area contributed by atoms with Crippen LogP contribution in [0.3, 0.4) is 0 Å². The highest BCUT2D eigenvalue weighted by molar-refractivity contribution is 6.04. The zero-order chi connectivity index (χ0) is 39.1. The number of nitrogens with zero attached hydrogens (tertiary/aromatic N) is 3. The summed E-state index contributed by atoms with van der Waals surface area (Å²) in [5.74, 6) is -5.30. The minimum Gasteiger partial charge on any atom is -0.444 e. The summed E-state index contributed by atoms with van der Waals surface area (Å²) in [6.07, 6.45) is -5.64. The SMILES string of the molecule is CNC(=O)c1c(C2[C@H]3CN(C(=O)OC(C)(C)C)C[C@@H]23)c2c(C(C)C)nc(-c3cc(NC(=O)OC(C)(C)C)cc(F)c3OC(F)(F)F)c(F)c2n1C1CC1. The molecule has 288 valence electrons. The molecule has 1 aliphatic heterocycles. The number of hydrogen-bond donors (Lipinski definition) is 2. The first-order chi connectivity index (χ1) is 24.5. The molecule has 53 heavy (non-hydrogen) atoms. The average Bonchev–Trinajstić information content (AvgIpc) is 3.89. The van der Waals surface area contributed by atoms with Crippen LogP contribution < -0.4 is 15.4 Å². The van der Waals surface area contributed by atoms with Crippen molar-refractivity contribution >= 4 is 34.7 Å². The number of pyridine rings is 1. The molecule has 1 unspecified atom stereocenters. The van der Waals surface area contributed by atoms with Crippen molar-refractivity contribution in [3.05, 3.63) is 40.7 Å². The Morgan fingerprint density at radius 1 is 0.943 bits per heavy atom. The Balaban J connectivity index is 1.56. The molecule has 6 rings (SSSR count). The summed E-state index contributed by atoms with van der Waals surface area (Å²) < 4.78 is 90.7. The molecule has 0 bridgehead atoms. The minimum atomic E-state index is -5.37. The molecule has 3 heterocycles. The van der Waals surface area contributed by atoms with Crippen molar-refractivity contribution in [2.24, 2.45) is 11.8 Å². The van der Waals surface area contributed by atoms with Gasteiger partial charge in [0.2, 0.25) is 0 Å². The number of carbonyl (C=O) groups excluding carboxylic acids is 3. The Hall–Kier alpha value is -4.63. The van der Waals surface area contributed by atoms with Crippen LogP contribution in [0, 0.1) is 23.5 Å². The zero-order valence-corrected chi connectivity index (χ0v) is 31.1. The van der Waals surface area contributed by atoms with Crippen LogP contribution in [-0.4, -0.2) is 70.2 Å². The molecular formula is C37H44F5N5O6. The van der Waals surface area contributed by atoms with Crippen molar-refractivity contribution in [2.45, 2.75) is 104 Å². The predicted octanol–water partition coefficient (Wildman–Crippen LogP) is 8.63. The first-order valence-corrected chi connectivity index (χ1v) is 17.6. The number of fused-ring (bicyclic) bond motifs is 2. The molecule has 16 heteroatoms. The summed E-state index contributed by atoms with van der Waals surface area (Å²) in [5, 5.41) is 5.32. The third-order valence-corrected chi connectivity index (χ3v) is 9.39. The van der Waals surface area contributed by atoms with E-state index in [9.17, 15) is 27.6 Å². The maximum Gasteiger partial charge on any atom is 0.573 e. The smallest absolute Gasteiger partial charge is 0.444 e. The minimum absolute atomic E-state index is 0.0485. The van der Waals surface area contributed by atoms with Crippen molar-refractivity contribution < 1.29 is 50.5 Å². The fourth-order valence-corrected chi connectivity index (χ4v) is 7.30. The van der Waals surface area contributed by atoms with Crippen molar-refractivity contribution in [3.63, 3.8) is 0 Å². The van der Waals surface area contributed by atoms with Gasteiger partial charge in [-0.3, -0.25) is 10.1 Å². The summed E-state index contributed by atoms with van der Waals surface area (Å²) >= 11 is 0. The number of rotatable bonds is 7. The Kier molecular flexibility index (Phi) is 9.38. The maximum atomic E-state index is 17.4. The van der Waals surface area contributed by atoms with Crippen LogP contribution in [0.1, 0.15) is 108 Å². The molecule has 3 amide bonds. The lowest BCUT2D eigenvalue weighted by Gasteiger charge is -2.26. The number of alkyl halides is 3. The lowest BCUT2D eigenvalue weighted by Crippen LogP contribution is -2.37. The van der Waals surface area contributed by atoms with Gasteiger partial charge in [0, 0.05) is 43.3 Å². The van der Waals surface area contributed by atoms with E-state index < -0.39 is 70.2 Å². The van der Waals surface area contributed by atoms with E-state index in [4.69, 9.17) is 9.47 Å². The normalized spacial score (nSPS) is 20.1. The molecule has 2 N–H and O–H groups in total. The topological polar surface area (TPSA) is 124 Å². The van der Waals surface area contributed by atoms with Crippen LogP contribution in [0.25, 0.3) is 22.2 Å². The van der Waals surface area contributed by atoms with Crippen LogP contribution in [-0.2, 0) is 9.47 Å². The van der Waals surface area contributed by atoms with E-state index in [0.717, 1.165) is 6.07 Å². The van der Waals surface area contributed by atoms with Crippen LogP contribution in [0.15, 0.2) is 12.1 Å². The second kappa shape index (κ2) is 13.0. The lowest BCUT2D eigenvalue weighted by molar-refractivity contribution is -0.275. The highest BCUT2D eigenvalue weighted by atomic mass is 19.4. The highest BCUT2D eigenvalue weighted by Gasteiger charge is 2.60. The number of nitrogens with one attached hydrogen (secondary N) is 2. The summed E-state index contributed by atoms with van der Waals surface area (Å²) in [6.45, 7) is 14.3. The molecule has 3 aliphatic rings. The van der Waals surface area contributed by atoms with Gasteiger partial charge in [-0.05, 0) is 89.7 Å². The Bertz CT molecular complexity index is 1980. The fourth-order valence-electron chi connectivity index (χ4n) is 7.30. The molecule has 11 nitrogen and oxygen atoms in total. The van der Waals surface area contributed by atoms with Gasteiger partial charge in [0.25, 0.3) is 5.91 Å². The van der Waals surface area contributed by atoms with Gasteiger partial charge in [-0.15, -0.1) is 13.2 Å². The predicted molar refractivity (Wildman–Crippen MR) is 185 cm³/mol. The summed E-state index contributed by atoms with van der Waals surface area (Å²) in [5.41, 5.74) is -2.36. The summed E-state index contributed by atoms with van der Waals surface area (Å²) in [6, 6.07) is 1.25. The van der Waals surface area contributed by atoms with Gasteiger partial charge in [0.05, 0.1) is 16.8 Å². The van der Waals surface area contributed by atoms with E-state index in [1.54, 1.807) is 64.9 Å². The van der Waals surface area contributed by atoms with E-state index in [1.807, 2.05) is 0 Å². The molecule has 0 radical (unpaired) electrons. The molecule has 0 spiro atoms. The maximum absolute atomic E-state index is 17.4. The third kappa shape index (κ3) is 7.59. The summed E-state index contributed by atoms with van der Waals surface area (Å²) in [7, 11) is 1.45. The second-order valence-electron chi connectivity index (χ2n) is 16.2. The van der Waals surface area contributed by atoms with Gasteiger partial charge >= 0.3 is 18.5 Å². The molecule has 2 aliphatic carbocycles. The average molecular weight is 750 g/mol. The number of ether oxygens (including phenoxy) is 3. The van der Waals surface area contributed by atoms with Gasteiger partial charge in [0.15, 0.2) is 17.4 Å². The number of likely N-dealkylation sites (tertiary alicyclic amines) is 1. The molecule has 3 fully saturated rings. The van der Waals surface area contributed by atoms with Crippen LogP contribution in [0.4, 0.5) is 37.2 Å². The Labute approximate surface area is 303 Å². The van der Waals surface area contributed by atoms with E-state index in [2.05, 4.69) is 20.4 Å². The zero-order valence-electron chi connectivity index (χ0n) is 31.1. The van der Waals surface area contributed by atoms with Crippen molar-refractivity contribution in [1.29, 1.82) is 0 Å². The van der Waals surface area contributed by atoms with Crippen LogP contribution in [0.5, 0.6) is 5.75 Å². The standard InChI is InChI=1S/C37H44F5N5O6/c1-16(2)27-25-24(23-20-14-46(15-21(20)23)34(50)53-36(6,7)8)30(32(48)43-9)47(18-10-11-18)29(25)26(39)28(45-27)19-12-17(44-33(49)52-35(3,4)5)13-22(38)31(19)51-37(40,41)42/h12-13,16,18,20-21,23H,10-11,14-15H2,1-9H3,(H,43,48)(H,44,49)/t20-,21+,23?. The highest BCUT2D eigenvalue weighted by Crippen LogP contribution is 2.62. The molecule has 3 aromatic rings. The van der Waals surface area contributed by atoms with E-state index in [0.29, 0.717) is 42.9 Å². The van der Waals surface area contributed by atoms with Crippen molar-refractivity contribution in [2.75, 3.05) is 25.5 Å². The van der Waals surface area contributed by atoms with Crippen molar-refractivity contribution in [1.82, 2.24) is 19.8 Å². The van der Waals surface area contributed by atoms with Gasteiger partial charge in [-0.2, -0.15) is 0 Å². The third-order valence-electron chi connectivity index (χ3n) is 9.39. The molecule has 2 saturated carbocycles. The fraction of sp³-hybridized carbons (Fsp3) is 0.568. The Morgan fingerprint density at radius 2 is 1.55 bits per heavy atom. The first kappa shape index (κ1) is 38.1. The van der Waals surface area contributed by atoms with E-state index >= 15 is 8.78 Å². The van der Waals surface area contributed by atoms with Gasteiger partial charge in [-0.25, -0.2) is 23.4 Å². The van der Waals surface area contributed by atoms with E-state index in [1.165, 1.54) is 7.05 Å². The number of aromatic nitrogens is 2. The second-order valence-corrected chi connectivity index (χ2v) is 16.2. The summed E-state index contributed by atoms with van der Waals surface area (Å²) in [4.78, 5) is 45.5. The molecule has 1 saturated heterocycles. The molecule has 3 atom stereocenters. The monoisotopic (exact) mass is 749 g/mol. The lowest BCUT2D eigenvalue weighted by atomic mass is 9.95. The first-order valence-electron chi connectivity index (χ1n) is 17.6. The van der Waals surface area contributed by atoms with Crippen LogP contribution >= 0.6 is 0 Å². The number of carbonyl (C=O) groups is 3. The molecular weight excluding hydrogens is 705 g/mol. The number of piperidine rings is 1. The number of anilines is 1. The van der Waals surface area contributed by atoms with Crippen LogP contribution in [0.2, 0.25) is 0 Å². The van der Waals surface area contributed by atoms with Gasteiger partial charge in [-0.1, -0.05) is 13.8 Å². The number of benzene rings is 1. The molecule has 2 aromatic heterocycles. The van der Waals surface area contributed by atoms with Crippen molar-refractivity contribution in [3.8, 4) is 17.0 Å². The number of hydrogen-bond acceptors (Lipinski definition) is 7.